The van der Waals surface area contributed by atoms with Crippen LogP contribution < -0.4 is 5.73 Å². The van der Waals surface area contributed by atoms with Gasteiger partial charge >= 0.3 is 0 Å². The van der Waals surface area contributed by atoms with Gasteiger partial charge in [-0.15, -0.1) is 0 Å². The molecule has 0 saturated carbocycles. The molecule has 0 bridgehead atoms. The van der Waals surface area contributed by atoms with Gasteiger partial charge in [0.05, 0.1) is 5.69 Å². The summed E-state index contributed by atoms with van der Waals surface area (Å²) in [6.07, 6.45) is 3.58. The summed E-state index contributed by atoms with van der Waals surface area (Å²) in [6.45, 7) is 4.22. The van der Waals surface area contributed by atoms with E-state index in [0.717, 1.165) is 11.5 Å². The molecular weight excluding hydrogens is 188 g/mol. The molecule has 78 valence electrons. The number of anilines is 1. The van der Waals surface area contributed by atoms with E-state index in [1.807, 2.05) is 12.3 Å². The molecule has 4 nitrogen and oxygen atoms in total. The molecule has 0 aliphatic heterocycles. The van der Waals surface area contributed by atoms with Crippen LogP contribution in [0.3, 0.4) is 0 Å². The zero-order valence-corrected chi connectivity index (χ0v) is 8.88. The van der Waals surface area contributed by atoms with Crippen LogP contribution in [0.25, 0.3) is 5.82 Å². The van der Waals surface area contributed by atoms with Crippen molar-refractivity contribution in [1.82, 2.24) is 14.8 Å². The fraction of sp³-hybridized carbons (Fsp3) is 0.273. The van der Waals surface area contributed by atoms with Crippen molar-refractivity contribution in [3.05, 3.63) is 36.3 Å². The third-order valence-electron chi connectivity index (χ3n) is 2.21. The van der Waals surface area contributed by atoms with Gasteiger partial charge in [0.2, 0.25) is 0 Å². The van der Waals surface area contributed by atoms with Gasteiger partial charge in [-0.1, -0.05) is 13.8 Å². The maximum Gasteiger partial charge on any atom is 0.155 e. The van der Waals surface area contributed by atoms with Gasteiger partial charge < -0.3 is 5.73 Å². The maximum absolute atomic E-state index is 5.68. The van der Waals surface area contributed by atoms with E-state index in [1.54, 1.807) is 23.0 Å². The van der Waals surface area contributed by atoms with Gasteiger partial charge in [-0.3, -0.25) is 0 Å². The van der Waals surface area contributed by atoms with Crippen molar-refractivity contribution in [2.45, 2.75) is 19.8 Å². The summed E-state index contributed by atoms with van der Waals surface area (Å²) in [5, 5.41) is 4.42. The molecule has 0 atom stereocenters. The molecule has 4 heteroatoms. The Morgan fingerprint density at radius 2 is 2.13 bits per heavy atom. The zero-order chi connectivity index (χ0) is 10.8. The topological polar surface area (TPSA) is 56.7 Å². The smallest absolute Gasteiger partial charge is 0.155 e. The van der Waals surface area contributed by atoms with Crippen molar-refractivity contribution in [1.29, 1.82) is 0 Å². The molecule has 2 aromatic heterocycles. The van der Waals surface area contributed by atoms with E-state index >= 15 is 0 Å². The van der Waals surface area contributed by atoms with E-state index in [-0.39, 0.29) is 0 Å². The van der Waals surface area contributed by atoms with Crippen LogP contribution in [0.2, 0.25) is 0 Å². The minimum atomic E-state index is 0.423. The number of hydrogen-bond acceptors (Lipinski definition) is 3. The van der Waals surface area contributed by atoms with Crippen LogP contribution in [0.1, 0.15) is 25.5 Å². The minimum absolute atomic E-state index is 0.423. The first-order valence-electron chi connectivity index (χ1n) is 4.94. The molecule has 0 fully saturated rings. The molecule has 0 aliphatic rings. The Balaban J connectivity index is 2.37. The second-order valence-corrected chi connectivity index (χ2v) is 3.79. The molecule has 0 saturated heterocycles. The zero-order valence-electron chi connectivity index (χ0n) is 8.88. The Bertz CT molecular complexity index is 459. The van der Waals surface area contributed by atoms with E-state index < -0.39 is 0 Å². The van der Waals surface area contributed by atoms with Crippen LogP contribution in [0.15, 0.2) is 30.6 Å². The molecule has 2 rings (SSSR count). The summed E-state index contributed by atoms with van der Waals surface area (Å²) in [5.41, 5.74) is 7.43. The van der Waals surface area contributed by atoms with Crippen LogP contribution in [0.5, 0.6) is 0 Å². The SMILES string of the molecule is CC(C)c1ccn(-c2cc(N)ccn2)n1. The quantitative estimate of drug-likeness (QED) is 0.810. The number of nitrogen functional groups attached to an aromatic ring is 1. The number of nitrogens with two attached hydrogens (primary N) is 1. The summed E-state index contributed by atoms with van der Waals surface area (Å²) in [6, 6.07) is 5.56. The third-order valence-corrected chi connectivity index (χ3v) is 2.21. The highest BCUT2D eigenvalue weighted by molar-refractivity contribution is 5.42. The molecule has 0 spiro atoms. The van der Waals surface area contributed by atoms with Crippen molar-refractivity contribution in [3.63, 3.8) is 0 Å². The molecule has 0 aromatic carbocycles. The highest BCUT2D eigenvalue weighted by Gasteiger charge is 2.05. The van der Waals surface area contributed by atoms with Gasteiger partial charge in [0, 0.05) is 24.1 Å². The van der Waals surface area contributed by atoms with Crippen molar-refractivity contribution < 1.29 is 0 Å². The van der Waals surface area contributed by atoms with E-state index in [1.165, 1.54) is 0 Å². The largest absolute Gasteiger partial charge is 0.399 e. The Hall–Kier alpha value is -1.84. The van der Waals surface area contributed by atoms with Gasteiger partial charge in [-0.2, -0.15) is 5.10 Å². The van der Waals surface area contributed by atoms with Crippen LogP contribution >= 0.6 is 0 Å². The number of nitrogens with zero attached hydrogens (tertiary/aromatic N) is 3. The normalized spacial score (nSPS) is 10.9. The highest BCUT2D eigenvalue weighted by atomic mass is 15.3. The molecule has 0 radical (unpaired) electrons. The molecule has 0 amide bonds. The van der Waals surface area contributed by atoms with Crippen molar-refractivity contribution in [2.24, 2.45) is 0 Å². The first-order chi connectivity index (χ1) is 7.16. The highest BCUT2D eigenvalue weighted by Crippen LogP contribution is 2.13. The van der Waals surface area contributed by atoms with Gasteiger partial charge in [0.15, 0.2) is 5.82 Å². The first-order valence-corrected chi connectivity index (χ1v) is 4.94. The van der Waals surface area contributed by atoms with E-state index in [9.17, 15) is 0 Å². The molecular formula is C11H14N4. The lowest BCUT2D eigenvalue weighted by Crippen LogP contribution is -2.00. The summed E-state index contributed by atoms with van der Waals surface area (Å²) in [4.78, 5) is 4.20. The van der Waals surface area contributed by atoms with E-state index in [0.29, 0.717) is 11.6 Å². The van der Waals surface area contributed by atoms with Crippen LogP contribution in [-0.2, 0) is 0 Å². The Morgan fingerprint density at radius 1 is 1.33 bits per heavy atom. The van der Waals surface area contributed by atoms with Gasteiger partial charge in [-0.25, -0.2) is 9.67 Å². The van der Waals surface area contributed by atoms with Crippen molar-refractivity contribution in [3.8, 4) is 5.82 Å². The first kappa shape index (κ1) is 9.71. The number of rotatable bonds is 2. The summed E-state index contributed by atoms with van der Waals surface area (Å²) >= 11 is 0. The monoisotopic (exact) mass is 202 g/mol. The lowest BCUT2D eigenvalue weighted by molar-refractivity contribution is 0.758. The number of hydrogen-bond donors (Lipinski definition) is 1. The predicted molar refractivity (Wildman–Crippen MR) is 59.9 cm³/mol. The summed E-state index contributed by atoms with van der Waals surface area (Å²) < 4.78 is 1.74. The Morgan fingerprint density at radius 3 is 2.73 bits per heavy atom. The molecule has 15 heavy (non-hydrogen) atoms. The molecule has 0 unspecified atom stereocenters. The van der Waals surface area contributed by atoms with E-state index in [2.05, 4.69) is 23.9 Å². The number of aromatic nitrogens is 3. The van der Waals surface area contributed by atoms with Crippen molar-refractivity contribution >= 4 is 5.69 Å². The lowest BCUT2D eigenvalue weighted by Gasteiger charge is -2.01. The summed E-state index contributed by atoms with van der Waals surface area (Å²) in [7, 11) is 0. The van der Waals surface area contributed by atoms with E-state index in [4.69, 9.17) is 5.73 Å². The maximum atomic E-state index is 5.68. The number of pyridine rings is 1. The van der Waals surface area contributed by atoms with Crippen LogP contribution in [0.4, 0.5) is 5.69 Å². The molecule has 2 N–H and O–H groups in total. The van der Waals surface area contributed by atoms with Gasteiger partial charge in [-0.05, 0) is 18.1 Å². The van der Waals surface area contributed by atoms with Gasteiger partial charge in [0.25, 0.3) is 0 Å². The van der Waals surface area contributed by atoms with Crippen LogP contribution in [0, 0.1) is 0 Å². The second-order valence-electron chi connectivity index (χ2n) is 3.79. The Kier molecular flexibility index (Phi) is 2.41. The second kappa shape index (κ2) is 3.73. The predicted octanol–water partition coefficient (Wildman–Crippen LogP) is 1.97. The standard InChI is InChI=1S/C11H14N4/c1-8(2)10-4-6-15(14-10)11-7-9(12)3-5-13-11/h3-8H,1-2H3,(H2,12,13). The Labute approximate surface area is 88.8 Å². The van der Waals surface area contributed by atoms with Crippen LogP contribution in [-0.4, -0.2) is 14.8 Å². The fourth-order valence-electron chi connectivity index (χ4n) is 1.33. The molecule has 2 aromatic rings. The molecule has 0 aliphatic carbocycles. The fourth-order valence-corrected chi connectivity index (χ4v) is 1.33. The minimum Gasteiger partial charge on any atom is -0.399 e. The average molecular weight is 202 g/mol. The average Bonchev–Trinajstić information content (AvgIpc) is 2.66. The van der Waals surface area contributed by atoms with Crippen molar-refractivity contribution in [2.75, 3.05) is 5.73 Å². The lowest BCUT2D eigenvalue weighted by atomic mass is 10.1. The summed E-state index contributed by atoms with van der Waals surface area (Å²) in [5.74, 6) is 1.18. The van der Waals surface area contributed by atoms with Gasteiger partial charge in [0.1, 0.15) is 0 Å². The third kappa shape index (κ3) is 1.98. The molecule has 2 heterocycles.